The lowest BCUT2D eigenvalue weighted by atomic mass is 10.1. The van der Waals surface area contributed by atoms with Crippen LogP contribution in [0.5, 0.6) is 11.5 Å². The molecular formula is C49H61Cl2F3N10O10. The number of hydrogen-bond acceptors (Lipinski definition) is 12. The highest BCUT2D eigenvalue weighted by molar-refractivity contribution is 6.31. The SMILES string of the molecule is COc1c(N2CCC[C@@H](N)C2)n(Cc2ccccc2Cl)c2c(=O)n(C)c(=O)n(C)c12.COc1c(N2CCC[C@@H](NC(=O)OC(C)(C)C)C2)n(Cc2ccccc2Cl)c2c(=O)n(C)c(=O)n(C)c12.O=C(O)C(F)(F)F. The fraction of sp³-hybridized carbons (Fsp3) is 0.469. The van der Waals surface area contributed by atoms with Crippen molar-refractivity contribution < 1.29 is 42.1 Å². The van der Waals surface area contributed by atoms with Crippen LogP contribution in [0.25, 0.3) is 22.1 Å². The molecule has 20 nitrogen and oxygen atoms in total. The first-order valence-electron chi connectivity index (χ1n) is 23.5. The summed E-state index contributed by atoms with van der Waals surface area (Å²) in [5.74, 6) is -0.416. The van der Waals surface area contributed by atoms with Crippen LogP contribution in [0.4, 0.5) is 29.6 Å². The van der Waals surface area contributed by atoms with Gasteiger partial charge in [-0.05, 0) is 69.7 Å². The Labute approximate surface area is 432 Å². The lowest BCUT2D eigenvalue weighted by molar-refractivity contribution is -0.192. The Balaban J connectivity index is 0.000000217. The van der Waals surface area contributed by atoms with Crippen molar-refractivity contribution in [3.63, 3.8) is 0 Å². The summed E-state index contributed by atoms with van der Waals surface area (Å²) < 4.78 is 57.7. The molecule has 0 aliphatic carbocycles. The molecule has 2 saturated heterocycles. The van der Waals surface area contributed by atoms with Gasteiger partial charge in [-0.1, -0.05) is 59.6 Å². The van der Waals surface area contributed by atoms with Gasteiger partial charge in [0.2, 0.25) is 0 Å². The van der Waals surface area contributed by atoms with Crippen LogP contribution < -0.4 is 52.8 Å². The van der Waals surface area contributed by atoms with Crippen molar-refractivity contribution in [2.75, 3.05) is 50.2 Å². The maximum Gasteiger partial charge on any atom is 0.490 e. The highest BCUT2D eigenvalue weighted by atomic mass is 35.5. The molecule has 2 aromatic carbocycles. The van der Waals surface area contributed by atoms with E-state index >= 15 is 0 Å². The average molecular weight is 1080 g/mol. The normalized spacial score (nSPS) is 16.0. The monoisotopic (exact) mass is 1080 g/mol. The number of rotatable bonds is 9. The van der Waals surface area contributed by atoms with Gasteiger partial charge in [-0.25, -0.2) is 19.2 Å². The Morgan fingerprint density at radius 1 is 0.689 bits per heavy atom. The zero-order chi connectivity index (χ0) is 54.7. The van der Waals surface area contributed by atoms with E-state index in [2.05, 4.69) is 15.1 Å². The van der Waals surface area contributed by atoms with Crippen molar-refractivity contribution in [2.45, 2.75) is 83.4 Å². The zero-order valence-electron chi connectivity index (χ0n) is 42.5. The number of hydrogen-bond donors (Lipinski definition) is 3. The molecule has 0 bridgehead atoms. The van der Waals surface area contributed by atoms with Crippen LogP contribution in [0.2, 0.25) is 10.0 Å². The number of benzene rings is 2. The van der Waals surface area contributed by atoms with Crippen molar-refractivity contribution in [1.29, 1.82) is 0 Å². The standard InChI is InChI=1S/C26H34ClN5O5.C21H26ClN5O3.C2HF3O2/c1-26(2,3)37-24(34)28-17-11-9-13-31(15-17)22-21(36-6)19-20(23(33)30(5)25(35)29(19)4)32(22)14-16-10-7-8-12-18(16)27;1-24-16-17(20(28)25(2)21(24)29)27(11-13-7-4-5-9-15(13)22)19(18(16)30-3)26-10-6-8-14(23)12-26;3-2(4,5)1(6)7/h7-8,10,12,17H,9,11,13-15H2,1-6H3,(H,28,34);4-5,7,9,14H,6,8,10-12,23H2,1-3H3;(H,6,7)/t17-;14-;/m11./s1. The van der Waals surface area contributed by atoms with E-state index in [0.29, 0.717) is 82.2 Å². The van der Waals surface area contributed by atoms with Gasteiger partial charge >= 0.3 is 29.6 Å². The third-order valence-electron chi connectivity index (χ3n) is 12.6. The molecule has 8 rings (SSSR count). The van der Waals surface area contributed by atoms with E-state index < -0.39 is 40.8 Å². The number of carbonyl (C=O) groups is 2. The molecule has 0 spiro atoms. The number of methoxy groups -OCH3 is 2. The summed E-state index contributed by atoms with van der Waals surface area (Å²) in [6.45, 7) is 8.71. The molecule has 0 unspecified atom stereocenters. The lowest BCUT2D eigenvalue weighted by Crippen LogP contribution is -2.49. The fourth-order valence-electron chi connectivity index (χ4n) is 9.20. The number of nitrogens with zero attached hydrogens (tertiary/aromatic N) is 8. The van der Waals surface area contributed by atoms with E-state index in [1.807, 2.05) is 72.4 Å². The molecule has 25 heteroatoms. The molecule has 6 aromatic rings. The third-order valence-corrected chi connectivity index (χ3v) is 13.3. The number of carbonyl (C=O) groups excluding carboxylic acids is 1. The predicted octanol–water partition coefficient (Wildman–Crippen LogP) is 5.55. The fourth-order valence-corrected chi connectivity index (χ4v) is 9.59. The van der Waals surface area contributed by atoms with Gasteiger partial charge in [-0.15, -0.1) is 0 Å². The summed E-state index contributed by atoms with van der Waals surface area (Å²) in [6.07, 6.45) is -2.09. The summed E-state index contributed by atoms with van der Waals surface area (Å²) in [4.78, 5) is 77.7. The van der Waals surface area contributed by atoms with E-state index in [4.69, 9.17) is 53.0 Å². The number of amides is 1. The number of ether oxygens (including phenoxy) is 3. The van der Waals surface area contributed by atoms with Gasteiger partial charge in [0.1, 0.15) is 27.7 Å². The highest BCUT2D eigenvalue weighted by Gasteiger charge is 2.38. The van der Waals surface area contributed by atoms with Crippen molar-refractivity contribution in [2.24, 2.45) is 33.9 Å². The number of halogens is 5. The van der Waals surface area contributed by atoms with E-state index in [1.54, 1.807) is 27.3 Å². The predicted molar refractivity (Wildman–Crippen MR) is 277 cm³/mol. The Morgan fingerprint density at radius 3 is 1.47 bits per heavy atom. The number of anilines is 2. The minimum atomic E-state index is -5.08. The third kappa shape index (κ3) is 11.9. The topological polar surface area (TPSA) is 224 Å². The van der Waals surface area contributed by atoms with Gasteiger partial charge < -0.3 is 49.3 Å². The zero-order valence-corrected chi connectivity index (χ0v) is 44.0. The number of piperidine rings is 2. The Hall–Kier alpha value is -6.85. The maximum atomic E-state index is 13.5. The molecule has 4 aromatic heterocycles. The van der Waals surface area contributed by atoms with Crippen LogP contribution in [-0.4, -0.2) is 109 Å². The molecule has 2 aliphatic rings. The molecular weight excluding hydrogens is 1020 g/mol. The Kier molecular flexibility index (Phi) is 17.3. The summed E-state index contributed by atoms with van der Waals surface area (Å²) >= 11 is 12.9. The number of carboxylic acids is 1. The Bertz CT molecular complexity index is 3320. The van der Waals surface area contributed by atoms with Crippen LogP contribution in [0.3, 0.4) is 0 Å². The number of aryl methyl sites for hydroxylation is 2. The number of nitrogens with one attached hydrogen (secondary N) is 1. The second-order valence-corrected chi connectivity index (χ2v) is 19.8. The highest BCUT2D eigenvalue weighted by Crippen LogP contribution is 2.41. The molecule has 2 atom stereocenters. The van der Waals surface area contributed by atoms with Crippen molar-refractivity contribution >= 4 is 69.0 Å². The second kappa shape index (κ2) is 22.7. The van der Waals surface area contributed by atoms with Crippen molar-refractivity contribution in [3.8, 4) is 11.5 Å². The van der Waals surface area contributed by atoms with Crippen LogP contribution >= 0.6 is 23.2 Å². The van der Waals surface area contributed by atoms with Crippen LogP contribution in [0, 0.1) is 0 Å². The van der Waals surface area contributed by atoms with Gasteiger partial charge in [0.25, 0.3) is 11.1 Å². The van der Waals surface area contributed by atoms with Crippen molar-refractivity contribution in [1.82, 2.24) is 32.7 Å². The van der Waals surface area contributed by atoms with Gasteiger partial charge in [0.05, 0.1) is 27.3 Å². The van der Waals surface area contributed by atoms with E-state index in [-0.39, 0.29) is 17.6 Å². The number of carboxylic acid groups (broad SMARTS) is 1. The Morgan fingerprint density at radius 2 is 1.09 bits per heavy atom. The van der Waals surface area contributed by atoms with Crippen molar-refractivity contribution in [3.05, 3.63) is 111 Å². The summed E-state index contributed by atoms with van der Waals surface area (Å²) in [7, 11) is 9.31. The molecule has 0 saturated carbocycles. The molecule has 74 heavy (non-hydrogen) atoms. The second-order valence-electron chi connectivity index (χ2n) is 19.0. The molecule has 2 aliphatic heterocycles. The quantitative estimate of drug-likeness (QED) is 0.162. The lowest BCUT2D eigenvalue weighted by Gasteiger charge is -2.35. The maximum absolute atomic E-state index is 13.5. The summed E-state index contributed by atoms with van der Waals surface area (Å²) in [5, 5.41) is 11.3. The summed E-state index contributed by atoms with van der Waals surface area (Å²) in [5.41, 5.74) is 7.35. The number of fused-ring (bicyclic) bond motifs is 2. The molecule has 0 radical (unpaired) electrons. The smallest absolute Gasteiger partial charge is 0.490 e. The van der Waals surface area contributed by atoms with Gasteiger partial charge in [0.15, 0.2) is 23.1 Å². The first-order chi connectivity index (χ1) is 34.7. The summed E-state index contributed by atoms with van der Waals surface area (Å²) in [6, 6.07) is 14.8. The van der Waals surface area contributed by atoms with E-state index in [1.165, 1.54) is 30.3 Å². The van der Waals surface area contributed by atoms with E-state index in [0.717, 1.165) is 58.3 Å². The number of alkyl halides is 3. The molecule has 1 amide bonds. The van der Waals surface area contributed by atoms with Gasteiger partial charge in [-0.3, -0.25) is 27.9 Å². The molecule has 2 fully saturated rings. The minimum absolute atomic E-state index is 0.0295. The average Bonchev–Trinajstić information content (AvgIpc) is 3.85. The number of alkyl carbamates (subject to hydrolysis) is 1. The number of nitrogens with two attached hydrogens (primary N) is 1. The minimum Gasteiger partial charge on any atom is -0.491 e. The van der Waals surface area contributed by atoms with Gasteiger partial charge in [0, 0.05) is 76.5 Å². The number of aromatic nitrogens is 6. The molecule has 4 N–H and O–H groups in total. The van der Waals surface area contributed by atoms with Crippen LogP contribution in [-0.2, 0) is 50.8 Å². The molecule has 402 valence electrons. The first kappa shape index (κ1) is 56.4. The molecule has 6 heterocycles. The number of aliphatic carboxylic acids is 1. The van der Waals surface area contributed by atoms with Crippen LogP contribution in [0.1, 0.15) is 57.6 Å². The largest absolute Gasteiger partial charge is 0.491 e. The first-order valence-corrected chi connectivity index (χ1v) is 24.2. The van der Waals surface area contributed by atoms with Gasteiger partial charge in [-0.2, -0.15) is 13.2 Å². The van der Waals surface area contributed by atoms with Crippen LogP contribution in [0.15, 0.2) is 67.7 Å². The van der Waals surface area contributed by atoms with E-state index in [9.17, 15) is 37.1 Å².